The number of hydrogen-bond acceptors (Lipinski definition) is 4. The zero-order valence-electron chi connectivity index (χ0n) is 21.0. The number of nitrogens with zero attached hydrogens (tertiary/aromatic N) is 3. The Bertz CT molecular complexity index is 1000. The van der Waals surface area contributed by atoms with Crippen LogP contribution in [0.1, 0.15) is 72.3 Å². The van der Waals surface area contributed by atoms with Crippen LogP contribution in [-0.2, 0) is 29.5 Å². The third-order valence-corrected chi connectivity index (χ3v) is 8.31. The molecule has 3 heterocycles. The van der Waals surface area contributed by atoms with E-state index in [1.54, 1.807) is 0 Å². The first-order valence-electron chi connectivity index (χ1n) is 13.6. The van der Waals surface area contributed by atoms with Crippen molar-refractivity contribution in [2.45, 2.75) is 75.8 Å². The molecule has 6 heteroatoms. The number of carbonyl (C=O) groups excluding carboxylic acids is 1. The van der Waals surface area contributed by atoms with E-state index in [1.807, 2.05) is 15.7 Å². The SMILES string of the molecule is C=CCn1nc(C(=O)N2CCCCCC2)c2c1CCC(NCC1(c3ccccc3)CCOCC1)C2. The standard InChI is InChI=1S/C29H40N4O2/c1-2-16-33-26-13-12-24(21-25(26)27(31-33)28(34)32-17-8-3-4-9-18-32)30-22-29(14-19-35-20-15-29)23-10-6-5-7-11-23/h2,5-7,10-11,24,30H,1,3-4,8-9,12-22H2. The van der Waals surface area contributed by atoms with E-state index in [1.165, 1.54) is 24.1 Å². The number of allylic oxidation sites excluding steroid dienone is 1. The second kappa shape index (κ2) is 11.1. The number of likely N-dealkylation sites (tertiary alicyclic amines) is 1. The number of aromatic nitrogens is 2. The third kappa shape index (κ3) is 5.24. The quantitative estimate of drug-likeness (QED) is 0.606. The van der Waals surface area contributed by atoms with Gasteiger partial charge in [-0.2, -0.15) is 5.10 Å². The summed E-state index contributed by atoms with van der Waals surface area (Å²) in [6.07, 6.45) is 11.5. The van der Waals surface area contributed by atoms with E-state index < -0.39 is 0 Å². The summed E-state index contributed by atoms with van der Waals surface area (Å²) in [6.45, 7) is 8.85. The third-order valence-electron chi connectivity index (χ3n) is 8.31. The van der Waals surface area contributed by atoms with Crippen LogP contribution in [-0.4, -0.2) is 59.5 Å². The van der Waals surface area contributed by atoms with E-state index in [2.05, 4.69) is 42.2 Å². The summed E-state index contributed by atoms with van der Waals surface area (Å²) in [5.41, 5.74) is 4.58. The zero-order valence-corrected chi connectivity index (χ0v) is 21.0. The van der Waals surface area contributed by atoms with Crippen molar-refractivity contribution in [1.29, 1.82) is 0 Å². The summed E-state index contributed by atoms with van der Waals surface area (Å²) in [7, 11) is 0. The Morgan fingerprint density at radius 1 is 1.14 bits per heavy atom. The van der Waals surface area contributed by atoms with E-state index in [9.17, 15) is 4.79 Å². The fraction of sp³-hybridized carbons (Fsp3) is 0.586. The molecule has 2 saturated heterocycles. The maximum absolute atomic E-state index is 13.6. The summed E-state index contributed by atoms with van der Waals surface area (Å²) < 4.78 is 7.75. The second-order valence-electron chi connectivity index (χ2n) is 10.5. The van der Waals surface area contributed by atoms with Crippen molar-refractivity contribution in [3.05, 3.63) is 65.5 Å². The van der Waals surface area contributed by atoms with Gasteiger partial charge in [0.15, 0.2) is 5.69 Å². The van der Waals surface area contributed by atoms with Crippen LogP contribution in [0.4, 0.5) is 0 Å². The van der Waals surface area contributed by atoms with E-state index >= 15 is 0 Å². The Labute approximate surface area is 209 Å². The van der Waals surface area contributed by atoms with Gasteiger partial charge in [-0.25, -0.2) is 0 Å². The van der Waals surface area contributed by atoms with E-state index in [-0.39, 0.29) is 11.3 Å². The lowest BCUT2D eigenvalue weighted by Gasteiger charge is -2.39. The van der Waals surface area contributed by atoms with Gasteiger partial charge in [-0.15, -0.1) is 6.58 Å². The second-order valence-corrected chi connectivity index (χ2v) is 10.5. The molecule has 1 atom stereocenters. The van der Waals surface area contributed by atoms with Crippen molar-refractivity contribution in [3.8, 4) is 0 Å². The van der Waals surface area contributed by atoms with Crippen molar-refractivity contribution >= 4 is 5.91 Å². The maximum Gasteiger partial charge on any atom is 0.274 e. The number of amides is 1. The molecular formula is C29H40N4O2. The molecular weight excluding hydrogens is 436 g/mol. The molecule has 1 aromatic heterocycles. The number of ether oxygens (including phenoxy) is 1. The largest absolute Gasteiger partial charge is 0.381 e. The number of hydrogen-bond donors (Lipinski definition) is 1. The lowest BCUT2D eigenvalue weighted by atomic mass is 9.73. The van der Waals surface area contributed by atoms with E-state index in [4.69, 9.17) is 9.84 Å². The summed E-state index contributed by atoms with van der Waals surface area (Å²) in [5, 5.41) is 8.77. The molecule has 1 unspecified atom stereocenters. The molecule has 188 valence electrons. The van der Waals surface area contributed by atoms with E-state index in [0.29, 0.717) is 18.3 Å². The van der Waals surface area contributed by atoms with Crippen molar-refractivity contribution < 1.29 is 9.53 Å². The first-order chi connectivity index (χ1) is 17.2. The molecule has 6 nitrogen and oxygen atoms in total. The molecule has 0 saturated carbocycles. The monoisotopic (exact) mass is 476 g/mol. The van der Waals surface area contributed by atoms with Crippen molar-refractivity contribution in [2.75, 3.05) is 32.8 Å². The Kier molecular flexibility index (Phi) is 7.69. The van der Waals surface area contributed by atoms with Gasteiger partial charge in [0.1, 0.15) is 0 Å². The van der Waals surface area contributed by atoms with Crippen molar-refractivity contribution in [1.82, 2.24) is 20.0 Å². The highest BCUT2D eigenvalue weighted by molar-refractivity contribution is 5.94. The highest BCUT2D eigenvalue weighted by Crippen LogP contribution is 2.35. The van der Waals surface area contributed by atoms with Crippen molar-refractivity contribution in [3.63, 3.8) is 0 Å². The topological polar surface area (TPSA) is 59.4 Å². The van der Waals surface area contributed by atoms with Gasteiger partial charge >= 0.3 is 0 Å². The lowest BCUT2D eigenvalue weighted by molar-refractivity contribution is 0.0486. The van der Waals surface area contributed by atoms with Gasteiger partial charge in [-0.3, -0.25) is 9.48 Å². The predicted molar refractivity (Wildman–Crippen MR) is 139 cm³/mol. The zero-order chi connectivity index (χ0) is 24.1. The van der Waals surface area contributed by atoms with Crippen molar-refractivity contribution in [2.24, 2.45) is 0 Å². The first kappa shape index (κ1) is 24.3. The van der Waals surface area contributed by atoms with Gasteiger partial charge < -0.3 is 15.0 Å². The minimum atomic E-state index is 0.109. The summed E-state index contributed by atoms with van der Waals surface area (Å²) in [6, 6.07) is 11.3. The smallest absolute Gasteiger partial charge is 0.274 e. The van der Waals surface area contributed by atoms with Gasteiger partial charge in [0, 0.05) is 55.6 Å². The van der Waals surface area contributed by atoms with Crippen LogP contribution in [0.5, 0.6) is 0 Å². The molecule has 2 fully saturated rings. The van der Waals surface area contributed by atoms with Crippen LogP contribution < -0.4 is 5.32 Å². The molecule has 0 spiro atoms. The molecule has 1 amide bonds. The Hall–Kier alpha value is -2.44. The fourth-order valence-corrected chi connectivity index (χ4v) is 6.19. The number of carbonyl (C=O) groups is 1. The van der Waals surface area contributed by atoms with Crippen LogP contribution in [0, 0.1) is 0 Å². The van der Waals surface area contributed by atoms with Crippen LogP contribution in [0.3, 0.4) is 0 Å². The van der Waals surface area contributed by atoms with Gasteiger partial charge in [0.25, 0.3) is 5.91 Å². The average molecular weight is 477 g/mol. The average Bonchev–Trinajstić information content (AvgIpc) is 3.06. The molecule has 2 aliphatic heterocycles. The minimum Gasteiger partial charge on any atom is -0.381 e. The number of nitrogens with one attached hydrogen (secondary N) is 1. The predicted octanol–water partition coefficient (Wildman–Crippen LogP) is 4.28. The fourth-order valence-electron chi connectivity index (χ4n) is 6.19. The highest BCUT2D eigenvalue weighted by atomic mass is 16.5. The lowest BCUT2D eigenvalue weighted by Crippen LogP contribution is -2.47. The van der Waals surface area contributed by atoms with Crippen LogP contribution in [0.15, 0.2) is 43.0 Å². The van der Waals surface area contributed by atoms with Gasteiger partial charge in [-0.05, 0) is 50.5 Å². The normalized spacial score (nSPS) is 22.3. The first-order valence-corrected chi connectivity index (χ1v) is 13.6. The van der Waals surface area contributed by atoms with Gasteiger partial charge in [0.2, 0.25) is 0 Å². The van der Waals surface area contributed by atoms with Crippen LogP contribution >= 0.6 is 0 Å². The molecule has 35 heavy (non-hydrogen) atoms. The molecule has 3 aliphatic rings. The molecule has 1 aromatic carbocycles. The van der Waals surface area contributed by atoms with Gasteiger partial charge in [0.05, 0.1) is 6.54 Å². The molecule has 0 bridgehead atoms. The number of fused-ring (bicyclic) bond motifs is 1. The molecule has 1 aliphatic carbocycles. The highest BCUT2D eigenvalue weighted by Gasteiger charge is 2.36. The molecule has 5 rings (SSSR count). The molecule has 2 aromatic rings. The van der Waals surface area contributed by atoms with Crippen LogP contribution in [0.25, 0.3) is 0 Å². The van der Waals surface area contributed by atoms with Gasteiger partial charge in [-0.1, -0.05) is 49.2 Å². The number of rotatable bonds is 7. The minimum absolute atomic E-state index is 0.109. The summed E-state index contributed by atoms with van der Waals surface area (Å²) >= 11 is 0. The van der Waals surface area contributed by atoms with E-state index in [0.717, 1.165) is 83.4 Å². The Morgan fingerprint density at radius 3 is 2.60 bits per heavy atom. The summed E-state index contributed by atoms with van der Waals surface area (Å²) in [5.74, 6) is 0.122. The van der Waals surface area contributed by atoms with Crippen LogP contribution in [0.2, 0.25) is 0 Å². The summed E-state index contributed by atoms with van der Waals surface area (Å²) in [4.78, 5) is 15.6. The number of benzene rings is 1. The molecule has 0 radical (unpaired) electrons. The Balaban J connectivity index is 1.34. The maximum atomic E-state index is 13.6. The molecule has 1 N–H and O–H groups in total. The Morgan fingerprint density at radius 2 is 1.89 bits per heavy atom.